The number of anilines is 1. The Labute approximate surface area is 302 Å². The van der Waals surface area contributed by atoms with E-state index in [4.69, 9.17) is 9.47 Å². The molecule has 5 aliphatic rings. The highest BCUT2D eigenvalue weighted by molar-refractivity contribution is 5.93. The van der Waals surface area contributed by atoms with Gasteiger partial charge >= 0.3 is 12.3 Å². The summed E-state index contributed by atoms with van der Waals surface area (Å²) in [5, 5.41) is 16.7. The number of halogens is 3. The van der Waals surface area contributed by atoms with Crippen LogP contribution in [0.3, 0.4) is 0 Å². The smallest absolute Gasteiger partial charge is 0.410 e. The summed E-state index contributed by atoms with van der Waals surface area (Å²) in [5.74, 6) is 0.853. The van der Waals surface area contributed by atoms with Crippen LogP contribution in [0, 0.1) is 18.3 Å². The van der Waals surface area contributed by atoms with Crippen molar-refractivity contribution in [3.63, 3.8) is 0 Å². The van der Waals surface area contributed by atoms with Gasteiger partial charge in [0.1, 0.15) is 23.7 Å². The monoisotopic (exact) mass is 723 g/mol. The molecule has 2 aromatic heterocycles. The van der Waals surface area contributed by atoms with Crippen LogP contribution in [-0.4, -0.2) is 75.4 Å². The molecule has 2 bridgehead atoms. The third-order valence-corrected chi connectivity index (χ3v) is 12.5. The van der Waals surface area contributed by atoms with E-state index in [1.807, 2.05) is 6.07 Å². The average Bonchev–Trinajstić information content (AvgIpc) is 3.61. The maximum absolute atomic E-state index is 13.8. The minimum absolute atomic E-state index is 0.0375. The molecule has 0 spiro atoms. The molecule has 280 valence electrons. The molecule has 0 radical (unpaired) electrons. The van der Waals surface area contributed by atoms with Gasteiger partial charge in [-0.1, -0.05) is 12.1 Å². The molecule has 8 rings (SSSR count). The third kappa shape index (κ3) is 7.12. The lowest BCUT2D eigenvalue weighted by molar-refractivity contribution is -0.165. The molecule has 1 atom stereocenters. The van der Waals surface area contributed by atoms with Gasteiger partial charge in [-0.05, 0) is 124 Å². The van der Waals surface area contributed by atoms with Gasteiger partial charge in [0.05, 0.1) is 32.5 Å². The lowest BCUT2D eigenvalue weighted by Gasteiger charge is -2.54. The molecule has 1 aromatic carbocycles. The maximum atomic E-state index is 13.8. The van der Waals surface area contributed by atoms with Crippen LogP contribution in [0.1, 0.15) is 93.9 Å². The Morgan fingerprint density at radius 3 is 2.37 bits per heavy atom. The molecule has 2 amide bonds. The van der Waals surface area contributed by atoms with Gasteiger partial charge < -0.3 is 24.8 Å². The van der Waals surface area contributed by atoms with E-state index < -0.39 is 24.4 Å². The fraction of sp³-hybridized carbons (Fsp3) is 0.590. The van der Waals surface area contributed by atoms with Crippen molar-refractivity contribution in [2.45, 2.75) is 114 Å². The summed E-state index contributed by atoms with van der Waals surface area (Å²) in [6.07, 6.45) is 7.71. The van der Waals surface area contributed by atoms with Crippen LogP contribution in [0.15, 0.2) is 42.9 Å². The number of fused-ring (bicyclic) bond motifs is 3. The van der Waals surface area contributed by atoms with Gasteiger partial charge in [0.15, 0.2) is 0 Å². The number of benzene rings is 1. The molecule has 4 aliphatic carbocycles. The predicted molar refractivity (Wildman–Crippen MR) is 188 cm³/mol. The number of aromatic nitrogens is 3. The predicted octanol–water partition coefficient (Wildman–Crippen LogP) is 7.53. The first-order valence-corrected chi connectivity index (χ1v) is 18.5. The van der Waals surface area contributed by atoms with E-state index in [0.717, 1.165) is 72.6 Å². The van der Waals surface area contributed by atoms with Crippen molar-refractivity contribution in [1.82, 2.24) is 19.7 Å². The topological polar surface area (TPSA) is 119 Å². The van der Waals surface area contributed by atoms with Crippen LogP contribution in [0.4, 0.5) is 23.8 Å². The Kier molecular flexibility index (Phi) is 9.77. The van der Waals surface area contributed by atoms with Gasteiger partial charge in [-0.3, -0.25) is 9.48 Å². The van der Waals surface area contributed by atoms with Gasteiger partial charge in [0.25, 0.3) is 0 Å². The van der Waals surface area contributed by atoms with Crippen molar-refractivity contribution >= 4 is 17.8 Å². The minimum atomic E-state index is -4.45. The Morgan fingerprint density at radius 2 is 1.75 bits per heavy atom. The van der Waals surface area contributed by atoms with Crippen molar-refractivity contribution in [2.75, 3.05) is 25.5 Å². The Hall–Kier alpha value is -4.13. The number of ether oxygens (including phenoxy) is 2. The second kappa shape index (κ2) is 14.0. The van der Waals surface area contributed by atoms with E-state index in [9.17, 15) is 27.9 Å². The molecule has 3 aromatic rings. The zero-order valence-electron chi connectivity index (χ0n) is 30.0. The van der Waals surface area contributed by atoms with Crippen molar-refractivity contribution in [3.05, 3.63) is 59.5 Å². The molecule has 52 heavy (non-hydrogen) atoms. The van der Waals surface area contributed by atoms with Crippen LogP contribution in [0.2, 0.25) is 0 Å². The number of aryl methyl sites for hydroxylation is 1. The molecule has 1 saturated heterocycles. The van der Waals surface area contributed by atoms with Gasteiger partial charge in [0, 0.05) is 29.4 Å². The summed E-state index contributed by atoms with van der Waals surface area (Å²) in [6.45, 7) is 3.71. The number of aliphatic hydroxyl groups excluding tert-OH is 1. The number of hydrogen-bond donors (Lipinski definition) is 2. The quantitative estimate of drug-likeness (QED) is 0.234. The molecule has 1 unspecified atom stereocenters. The maximum Gasteiger partial charge on any atom is 0.410 e. The number of rotatable bonds is 9. The van der Waals surface area contributed by atoms with Crippen molar-refractivity contribution < 1.29 is 37.3 Å². The van der Waals surface area contributed by atoms with Gasteiger partial charge in [0.2, 0.25) is 5.91 Å². The number of alkyl halides is 3. The Morgan fingerprint density at radius 1 is 1.06 bits per heavy atom. The summed E-state index contributed by atoms with van der Waals surface area (Å²) in [5.41, 5.74) is 4.64. The van der Waals surface area contributed by atoms with Crippen LogP contribution < -0.4 is 10.1 Å². The fourth-order valence-corrected chi connectivity index (χ4v) is 8.92. The van der Waals surface area contributed by atoms with Crippen LogP contribution in [0.5, 0.6) is 5.75 Å². The number of likely N-dealkylation sites (tertiary alicyclic amines) is 1. The summed E-state index contributed by atoms with van der Waals surface area (Å²) in [6, 6.07) is 6.55. The van der Waals surface area contributed by atoms with E-state index in [1.54, 1.807) is 13.3 Å². The Bertz CT molecular complexity index is 1770. The molecule has 5 fully saturated rings. The number of carbonyl (C=O) groups is 2. The number of nitrogens with one attached hydrogen (secondary N) is 1. The van der Waals surface area contributed by atoms with E-state index in [1.165, 1.54) is 22.9 Å². The zero-order valence-corrected chi connectivity index (χ0v) is 30.0. The fourth-order valence-electron chi connectivity index (χ4n) is 8.92. The minimum Gasteiger partial charge on any atom is -0.496 e. The summed E-state index contributed by atoms with van der Waals surface area (Å²) < 4.78 is 53.0. The first-order valence-electron chi connectivity index (χ1n) is 18.5. The third-order valence-electron chi connectivity index (χ3n) is 12.5. The van der Waals surface area contributed by atoms with Gasteiger partial charge in [-0.2, -0.15) is 18.3 Å². The zero-order chi connectivity index (χ0) is 36.8. The number of amides is 2. The molecule has 1 aliphatic heterocycles. The molecule has 4 saturated carbocycles. The summed E-state index contributed by atoms with van der Waals surface area (Å²) in [4.78, 5) is 32.3. The second-order valence-electron chi connectivity index (χ2n) is 15.7. The standard InChI is InChI=1S/C39H48F3N5O5/c1-24-18-28(6-9-33(24)51-3)38-14-11-37(12-15-38,13-16-38)19-32-31(27-20-44-47(21-27)25(2)39(40,41)42)10-17-43-34(32)45-35(49)26-4-7-30(8-5-26)52-36(50)46-22-29(48)23-46/h6,9-10,17-18,20-21,25-26,29-30,48H,4-5,7-8,11-16,19,22-23H2,1-3H3,(H,43,45,49). The molecular formula is C39H48F3N5O5. The SMILES string of the molecule is COc1ccc(C23CCC(Cc4c(-c5cnn(C(C)C(F)(F)F)c5)ccnc4NC(=O)C4CCC(OC(=O)N5CC(O)C5)CC4)(CC2)CC3)cc1C. The number of pyridine rings is 1. The molecule has 3 heterocycles. The van der Waals surface area contributed by atoms with Crippen LogP contribution in [0.25, 0.3) is 11.1 Å². The normalized spacial score (nSPS) is 26.8. The van der Waals surface area contributed by atoms with E-state index in [2.05, 4.69) is 40.5 Å². The highest BCUT2D eigenvalue weighted by atomic mass is 19.4. The van der Waals surface area contributed by atoms with Crippen LogP contribution >= 0.6 is 0 Å². The number of aliphatic hydroxyl groups is 1. The van der Waals surface area contributed by atoms with E-state index >= 15 is 0 Å². The largest absolute Gasteiger partial charge is 0.496 e. The number of hydrogen-bond acceptors (Lipinski definition) is 7. The van der Waals surface area contributed by atoms with Crippen molar-refractivity contribution in [3.8, 4) is 16.9 Å². The molecule has 2 N–H and O–H groups in total. The average molecular weight is 724 g/mol. The number of nitrogens with zero attached hydrogens (tertiary/aromatic N) is 4. The molecular weight excluding hydrogens is 675 g/mol. The molecule has 10 nitrogen and oxygen atoms in total. The molecule has 13 heteroatoms. The van der Waals surface area contributed by atoms with E-state index in [0.29, 0.717) is 43.5 Å². The highest BCUT2D eigenvalue weighted by Gasteiger charge is 2.50. The lowest BCUT2D eigenvalue weighted by atomic mass is 9.50. The van der Waals surface area contributed by atoms with Gasteiger partial charge in [-0.25, -0.2) is 9.78 Å². The number of β-amino-alcohol motifs (C(OH)–C–C–N with tert-alkyl or cyclic N) is 1. The second-order valence-corrected chi connectivity index (χ2v) is 15.7. The van der Waals surface area contributed by atoms with E-state index in [-0.39, 0.29) is 41.8 Å². The highest BCUT2D eigenvalue weighted by Crippen LogP contribution is 2.59. The summed E-state index contributed by atoms with van der Waals surface area (Å²) >= 11 is 0. The first-order chi connectivity index (χ1) is 24.8. The number of carbonyl (C=O) groups excluding carboxylic acids is 2. The summed E-state index contributed by atoms with van der Waals surface area (Å²) in [7, 11) is 1.69. The first kappa shape index (κ1) is 36.2. The number of methoxy groups -OCH3 is 1. The van der Waals surface area contributed by atoms with Gasteiger partial charge in [-0.15, -0.1) is 0 Å². The van der Waals surface area contributed by atoms with Crippen molar-refractivity contribution in [1.29, 1.82) is 0 Å². The van der Waals surface area contributed by atoms with Crippen LogP contribution in [-0.2, 0) is 21.4 Å². The Balaban J connectivity index is 1.10. The van der Waals surface area contributed by atoms with Crippen molar-refractivity contribution in [2.24, 2.45) is 11.3 Å². The lowest BCUT2D eigenvalue weighted by Crippen LogP contribution is -2.54.